The summed E-state index contributed by atoms with van der Waals surface area (Å²) < 4.78 is 5.06. The first-order chi connectivity index (χ1) is 5.70. The summed E-state index contributed by atoms with van der Waals surface area (Å²) in [6.45, 7) is 3.41. The molecule has 1 rings (SSSR count). The van der Waals surface area contributed by atoms with E-state index in [0.717, 1.165) is 0 Å². The third kappa shape index (κ3) is 1.38. The summed E-state index contributed by atoms with van der Waals surface area (Å²) >= 11 is 4.18. The van der Waals surface area contributed by atoms with Crippen LogP contribution in [0.25, 0.3) is 0 Å². The second-order valence-corrected chi connectivity index (χ2v) is 2.66. The number of aliphatic imine (C=N–C) groups is 1. The lowest BCUT2D eigenvalue weighted by atomic mass is 10.2. The number of nitrogens with two attached hydrogens (primary N) is 1. The largest absolute Gasteiger partial charge is 0.493 e. The lowest BCUT2D eigenvalue weighted by molar-refractivity contribution is 0.407. The highest BCUT2D eigenvalue weighted by molar-refractivity contribution is 7.80. The Morgan fingerprint density at radius 3 is 2.75 bits per heavy atom. The molecule has 0 atom stereocenters. The summed E-state index contributed by atoms with van der Waals surface area (Å²) in [5.41, 5.74) is 6.82. The highest BCUT2D eigenvalue weighted by Crippen LogP contribution is 2.36. The Hall–Kier alpha value is -1.16. The van der Waals surface area contributed by atoms with E-state index in [-0.39, 0.29) is 0 Å². The van der Waals surface area contributed by atoms with Crippen molar-refractivity contribution < 1.29 is 4.74 Å². The van der Waals surface area contributed by atoms with Gasteiger partial charge in [0.25, 0.3) is 0 Å². The van der Waals surface area contributed by atoms with Crippen LogP contribution in [0.2, 0.25) is 0 Å². The quantitative estimate of drug-likeness (QED) is 0.417. The van der Waals surface area contributed by atoms with Crippen LogP contribution in [0.4, 0.5) is 11.4 Å². The van der Waals surface area contributed by atoms with Crippen LogP contribution < -0.4 is 10.5 Å². The molecule has 64 valence electrons. The predicted molar refractivity (Wildman–Crippen MR) is 53.9 cm³/mol. The summed E-state index contributed by atoms with van der Waals surface area (Å²) in [7, 11) is 1.54. The van der Waals surface area contributed by atoms with Gasteiger partial charge in [0.2, 0.25) is 0 Å². The lowest BCUT2D eigenvalue weighted by Gasteiger charge is -2.08. The molecule has 0 bridgehead atoms. The van der Waals surface area contributed by atoms with Gasteiger partial charge in [-0.2, -0.15) is 0 Å². The average Bonchev–Trinajstić information content (AvgIpc) is 2.09. The molecule has 2 N–H and O–H groups in total. The second kappa shape index (κ2) is 3.49. The maximum absolute atomic E-state index is 5.60. The molecule has 0 saturated carbocycles. The molecule has 0 radical (unpaired) electrons. The number of nitrogen functional groups attached to an aromatic ring is 1. The zero-order chi connectivity index (χ0) is 9.14. The maximum atomic E-state index is 5.60. The zero-order valence-electron chi connectivity index (χ0n) is 6.74. The smallest absolute Gasteiger partial charge is 0.159 e. The van der Waals surface area contributed by atoms with Crippen molar-refractivity contribution in [3.8, 4) is 5.75 Å². The fourth-order valence-corrected chi connectivity index (χ4v) is 1.18. The van der Waals surface area contributed by atoms with Gasteiger partial charge in [0.05, 0.1) is 12.0 Å². The van der Waals surface area contributed by atoms with Crippen molar-refractivity contribution in [2.75, 3.05) is 12.8 Å². The molecule has 0 aliphatic heterocycles. The number of rotatable bonds is 2. The van der Waals surface area contributed by atoms with Crippen LogP contribution in [0.1, 0.15) is 0 Å². The number of benzene rings is 1. The van der Waals surface area contributed by atoms with Crippen molar-refractivity contribution in [1.82, 2.24) is 0 Å². The van der Waals surface area contributed by atoms with Crippen LogP contribution >= 0.6 is 12.6 Å². The number of hydrogen-bond donors (Lipinski definition) is 2. The first-order valence-corrected chi connectivity index (χ1v) is 3.77. The van der Waals surface area contributed by atoms with Crippen LogP contribution in [-0.2, 0) is 0 Å². The molecule has 0 aliphatic carbocycles. The van der Waals surface area contributed by atoms with Crippen molar-refractivity contribution in [3.05, 3.63) is 12.1 Å². The Morgan fingerprint density at radius 1 is 1.58 bits per heavy atom. The molecule has 12 heavy (non-hydrogen) atoms. The number of anilines is 1. The number of hydrogen-bond acceptors (Lipinski definition) is 4. The van der Waals surface area contributed by atoms with E-state index in [1.165, 1.54) is 0 Å². The van der Waals surface area contributed by atoms with Crippen LogP contribution in [0.5, 0.6) is 5.75 Å². The van der Waals surface area contributed by atoms with Gasteiger partial charge in [-0.05, 0) is 18.9 Å². The van der Waals surface area contributed by atoms with Crippen LogP contribution in [-0.4, -0.2) is 13.8 Å². The second-order valence-electron chi connectivity index (χ2n) is 2.21. The van der Waals surface area contributed by atoms with E-state index in [1.54, 1.807) is 19.2 Å². The van der Waals surface area contributed by atoms with Crippen molar-refractivity contribution >= 4 is 30.7 Å². The van der Waals surface area contributed by atoms with Gasteiger partial charge in [-0.1, -0.05) is 0 Å². The monoisotopic (exact) mass is 182 g/mol. The Morgan fingerprint density at radius 2 is 2.25 bits per heavy atom. The molecule has 0 aromatic heterocycles. The minimum Gasteiger partial charge on any atom is -0.493 e. The van der Waals surface area contributed by atoms with Crippen molar-refractivity contribution in [1.29, 1.82) is 0 Å². The molecule has 1 aromatic rings. The van der Waals surface area contributed by atoms with Crippen molar-refractivity contribution in [3.63, 3.8) is 0 Å². The molecule has 0 fully saturated rings. The molecule has 1 aromatic carbocycles. The molecule has 0 unspecified atom stereocenters. The number of thiol groups is 1. The van der Waals surface area contributed by atoms with E-state index in [2.05, 4.69) is 24.3 Å². The standard InChI is InChI=1S/C8H10N2OS/c1-10-6-4-3-5(9)8(12)7(6)11-2/h3-4,12H,1,9H2,2H3. The van der Waals surface area contributed by atoms with Gasteiger partial charge in [-0.3, -0.25) is 4.99 Å². The van der Waals surface area contributed by atoms with Gasteiger partial charge < -0.3 is 10.5 Å². The Bertz CT molecular complexity index is 312. The molecular formula is C8H10N2OS. The topological polar surface area (TPSA) is 47.6 Å². The first kappa shape index (κ1) is 8.93. The summed E-state index contributed by atoms with van der Waals surface area (Å²) in [6.07, 6.45) is 0. The number of ether oxygens (including phenoxy) is 1. The minimum atomic E-state index is 0.563. The van der Waals surface area contributed by atoms with Gasteiger partial charge in [0.15, 0.2) is 5.75 Å². The van der Waals surface area contributed by atoms with Crippen LogP contribution in [0.3, 0.4) is 0 Å². The van der Waals surface area contributed by atoms with E-state index in [0.29, 0.717) is 22.0 Å². The van der Waals surface area contributed by atoms with Gasteiger partial charge >= 0.3 is 0 Å². The summed E-state index contributed by atoms with van der Waals surface area (Å²) in [5.74, 6) is 0.563. The van der Waals surface area contributed by atoms with E-state index in [4.69, 9.17) is 10.5 Å². The minimum absolute atomic E-state index is 0.563. The molecule has 0 spiro atoms. The highest BCUT2D eigenvalue weighted by atomic mass is 32.1. The fraction of sp³-hybridized carbons (Fsp3) is 0.125. The molecule has 3 nitrogen and oxygen atoms in total. The number of methoxy groups -OCH3 is 1. The van der Waals surface area contributed by atoms with Gasteiger partial charge in [-0.25, -0.2) is 0 Å². The molecule has 0 saturated heterocycles. The normalized spacial score (nSPS) is 9.50. The Balaban J connectivity index is 3.35. The van der Waals surface area contributed by atoms with E-state index in [1.807, 2.05) is 0 Å². The van der Waals surface area contributed by atoms with E-state index < -0.39 is 0 Å². The van der Waals surface area contributed by atoms with Gasteiger partial charge in [-0.15, -0.1) is 12.6 Å². The lowest BCUT2D eigenvalue weighted by Crippen LogP contribution is -1.91. The van der Waals surface area contributed by atoms with Crippen LogP contribution in [0, 0.1) is 0 Å². The van der Waals surface area contributed by atoms with Crippen LogP contribution in [0.15, 0.2) is 22.0 Å². The fourth-order valence-electron chi connectivity index (χ4n) is 0.901. The van der Waals surface area contributed by atoms with Crippen molar-refractivity contribution in [2.45, 2.75) is 4.90 Å². The zero-order valence-corrected chi connectivity index (χ0v) is 7.64. The maximum Gasteiger partial charge on any atom is 0.159 e. The summed E-state index contributed by atoms with van der Waals surface area (Å²) in [4.78, 5) is 4.36. The molecule has 0 heterocycles. The molecule has 0 amide bonds. The van der Waals surface area contributed by atoms with Crippen molar-refractivity contribution in [2.24, 2.45) is 4.99 Å². The average molecular weight is 182 g/mol. The predicted octanol–water partition coefficient (Wildman–Crippen LogP) is 1.90. The van der Waals surface area contributed by atoms with E-state index >= 15 is 0 Å². The van der Waals surface area contributed by atoms with Gasteiger partial charge in [0.1, 0.15) is 5.69 Å². The summed E-state index contributed by atoms with van der Waals surface area (Å²) in [5, 5.41) is 0. The third-order valence-corrected chi connectivity index (χ3v) is 1.98. The SMILES string of the molecule is C=Nc1ccc(N)c(S)c1OC. The van der Waals surface area contributed by atoms with Gasteiger partial charge in [0, 0.05) is 5.69 Å². The van der Waals surface area contributed by atoms with E-state index in [9.17, 15) is 0 Å². The third-order valence-electron chi connectivity index (χ3n) is 1.52. The Labute approximate surface area is 76.7 Å². The molecular weight excluding hydrogens is 172 g/mol. The molecule has 0 aliphatic rings. The summed E-state index contributed by atoms with van der Waals surface area (Å²) in [6, 6.07) is 3.45. The Kier molecular flexibility index (Phi) is 2.60. The highest BCUT2D eigenvalue weighted by Gasteiger charge is 2.07. The first-order valence-electron chi connectivity index (χ1n) is 3.33. The number of nitrogens with zero attached hydrogens (tertiary/aromatic N) is 1. The molecule has 4 heteroatoms.